The smallest absolute Gasteiger partial charge is 0.410 e. The van der Waals surface area contributed by atoms with Crippen LogP contribution in [0.5, 0.6) is 0 Å². The molecule has 0 aromatic heterocycles. The normalized spacial score (nSPS) is 21.7. The van der Waals surface area contributed by atoms with Crippen LogP contribution in [0.4, 0.5) is 9.18 Å². The summed E-state index contributed by atoms with van der Waals surface area (Å²) in [5, 5.41) is 9.95. The lowest BCUT2D eigenvalue weighted by Crippen LogP contribution is -2.43. The number of rotatable bonds is 4. The van der Waals surface area contributed by atoms with E-state index in [2.05, 4.69) is 0 Å². The molecular weight excluding hydrogens is 285 g/mol. The fourth-order valence-electron chi connectivity index (χ4n) is 2.86. The molecule has 1 aliphatic rings. The molecule has 1 N–H and O–H groups in total. The third kappa shape index (κ3) is 3.97. The minimum Gasteiger partial charge on any atom is -0.449 e. The number of unbranched alkanes of at least 4 members (excludes halogenated alkanes) is 1. The Labute approximate surface area is 130 Å². The summed E-state index contributed by atoms with van der Waals surface area (Å²) in [5.41, 5.74) is 1.65. The highest BCUT2D eigenvalue weighted by atomic mass is 19.1. The molecule has 0 radical (unpaired) electrons. The van der Waals surface area contributed by atoms with E-state index in [1.807, 2.05) is 13.8 Å². The maximum Gasteiger partial charge on any atom is 0.410 e. The summed E-state index contributed by atoms with van der Waals surface area (Å²) in [6.45, 7) is 4.72. The van der Waals surface area contributed by atoms with Crippen LogP contribution < -0.4 is 0 Å². The number of piperidine rings is 1. The zero-order chi connectivity index (χ0) is 16.1. The Balaban J connectivity index is 2.17. The van der Waals surface area contributed by atoms with Gasteiger partial charge in [0.15, 0.2) is 0 Å². The zero-order valence-electron chi connectivity index (χ0n) is 13.2. The fraction of sp³-hybridized carbons (Fsp3) is 0.588. The van der Waals surface area contributed by atoms with Gasteiger partial charge in [-0.05, 0) is 49.4 Å². The van der Waals surface area contributed by atoms with Gasteiger partial charge in [-0.1, -0.05) is 19.4 Å². The standard InChI is InChI=1S/C17H24FNO3/c1-3-4-9-22-17(21)19-8-7-14(20)11-16(19)15-6-5-13(18)10-12(15)2/h5-6,10,14,16,20H,3-4,7-9,11H2,1-2H3. The van der Waals surface area contributed by atoms with E-state index < -0.39 is 6.10 Å². The molecule has 0 bridgehead atoms. The molecule has 2 rings (SSSR count). The molecule has 1 fully saturated rings. The fourth-order valence-corrected chi connectivity index (χ4v) is 2.86. The Morgan fingerprint density at radius 3 is 2.95 bits per heavy atom. The van der Waals surface area contributed by atoms with Gasteiger partial charge in [0.25, 0.3) is 0 Å². The second-order valence-electron chi connectivity index (χ2n) is 5.86. The largest absolute Gasteiger partial charge is 0.449 e. The lowest BCUT2D eigenvalue weighted by Gasteiger charge is -2.38. The molecule has 0 spiro atoms. The number of carbonyl (C=O) groups is 1. The van der Waals surface area contributed by atoms with E-state index in [9.17, 15) is 14.3 Å². The summed E-state index contributed by atoms with van der Waals surface area (Å²) >= 11 is 0. The van der Waals surface area contributed by atoms with Crippen LogP contribution in [0.15, 0.2) is 18.2 Å². The first kappa shape index (κ1) is 16.7. The summed E-state index contributed by atoms with van der Waals surface area (Å²) in [6, 6.07) is 4.28. The minimum atomic E-state index is -0.450. The first-order valence-electron chi connectivity index (χ1n) is 7.90. The van der Waals surface area contributed by atoms with Crippen LogP contribution in [0.1, 0.15) is 49.8 Å². The average molecular weight is 309 g/mol. The van der Waals surface area contributed by atoms with Gasteiger partial charge < -0.3 is 14.7 Å². The third-order valence-electron chi connectivity index (χ3n) is 4.12. The monoisotopic (exact) mass is 309 g/mol. The van der Waals surface area contributed by atoms with Crippen molar-refractivity contribution in [3.8, 4) is 0 Å². The summed E-state index contributed by atoms with van der Waals surface area (Å²) in [4.78, 5) is 13.9. The molecule has 1 aliphatic heterocycles. The molecule has 1 amide bonds. The topological polar surface area (TPSA) is 49.8 Å². The predicted octanol–water partition coefficient (Wildman–Crippen LogP) is 3.57. The highest BCUT2D eigenvalue weighted by Gasteiger charge is 2.33. The van der Waals surface area contributed by atoms with Crippen LogP contribution >= 0.6 is 0 Å². The Bertz CT molecular complexity index is 521. The highest BCUT2D eigenvalue weighted by Crippen LogP contribution is 2.33. The maximum absolute atomic E-state index is 13.3. The second-order valence-corrected chi connectivity index (χ2v) is 5.86. The molecule has 1 saturated heterocycles. The number of hydrogen-bond acceptors (Lipinski definition) is 3. The lowest BCUT2D eigenvalue weighted by molar-refractivity contribution is 0.0280. The number of aliphatic hydroxyl groups excluding tert-OH is 1. The van der Waals surface area contributed by atoms with Crippen molar-refractivity contribution in [1.29, 1.82) is 0 Å². The SMILES string of the molecule is CCCCOC(=O)N1CCC(O)CC1c1ccc(F)cc1C. The van der Waals surface area contributed by atoms with E-state index in [4.69, 9.17) is 4.74 Å². The number of likely N-dealkylation sites (tertiary alicyclic amines) is 1. The minimum absolute atomic E-state index is 0.265. The number of amides is 1. The van der Waals surface area contributed by atoms with Crippen LogP contribution in [-0.2, 0) is 4.74 Å². The van der Waals surface area contributed by atoms with Crippen molar-refractivity contribution in [2.45, 2.75) is 51.7 Å². The molecule has 122 valence electrons. The number of benzene rings is 1. The van der Waals surface area contributed by atoms with Crippen LogP contribution in [0, 0.1) is 12.7 Å². The first-order chi connectivity index (χ1) is 10.5. The summed E-state index contributed by atoms with van der Waals surface area (Å²) in [6.07, 6.45) is 1.99. The van der Waals surface area contributed by atoms with Crippen molar-refractivity contribution >= 4 is 6.09 Å². The van der Waals surface area contributed by atoms with Gasteiger partial charge in [0, 0.05) is 6.54 Å². The van der Waals surface area contributed by atoms with Crippen molar-refractivity contribution in [3.05, 3.63) is 35.1 Å². The van der Waals surface area contributed by atoms with Gasteiger partial charge in [-0.3, -0.25) is 0 Å². The number of hydrogen-bond donors (Lipinski definition) is 1. The van der Waals surface area contributed by atoms with Crippen LogP contribution in [-0.4, -0.2) is 35.4 Å². The van der Waals surface area contributed by atoms with E-state index in [0.717, 1.165) is 24.0 Å². The van der Waals surface area contributed by atoms with Crippen molar-refractivity contribution in [2.24, 2.45) is 0 Å². The molecule has 1 aromatic carbocycles. The summed E-state index contributed by atoms with van der Waals surface area (Å²) < 4.78 is 18.6. The third-order valence-corrected chi connectivity index (χ3v) is 4.12. The summed E-state index contributed by atoms with van der Waals surface area (Å²) in [5.74, 6) is -0.297. The van der Waals surface area contributed by atoms with E-state index in [0.29, 0.717) is 26.0 Å². The van der Waals surface area contributed by atoms with Gasteiger partial charge in [0.1, 0.15) is 5.82 Å². The lowest BCUT2D eigenvalue weighted by atomic mass is 9.91. The Morgan fingerprint density at radius 2 is 2.27 bits per heavy atom. The Morgan fingerprint density at radius 1 is 1.50 bits per heavy atom. The zero-order valence-corrected chi connectivity index (χ0v) is 13.2. The van der Waals surface area contributed by atoms with Gasteiger partial charge in [-0.25, -0.2) is 9.18 Å². The number of halogens is 1. The molecule has 4 nitrogen and oxygen atoms in total. The van der Waals surface area contributed by atoms with E-state index in [1.54, 1.807) is 11.0 Å². The molecular formula is C17H24FNO3. The van der Waals surface area contributed by atoms with Gasteiger partial charge in [-0.2, -0.15) is 0 Å². The molecule has 22 heavy (non-hydrogen) atoms. The van der Waals surface area contributed by atoms with E-state index in [1.165, 1.54) is 12.1 Å². The van der Waals surface area contributed by atoms with Crippen LogP contribution in [0.25, 0.3) is 0 Å². The van der Waals surface area contributed by atoms with Crippen molar-refractivity contribution in [2.75, 3.05) is 13.2 Å². The molecule has 1 heterocycles. The molecule has 2 atom stereocenters. The van der Waals surface area contributed by atoms with E-state index in [-0.39, 0.29) is 18.0 Å². The quantitative estimate of drug-likeness (QED) is 0.865. The number of nitrogens with zero attached hydrogens (tertiary/aromatic N) is 1. The van der Waals surface area contributed by atoms with Gasteiger partial charge >= 0.3 is 6.09 Å². The summed E-state index contributed by atoms with van der Waals surface area (Å²) in [7, 11) is 0. The number of ether oxygens (including phenoxy) is 1. The second kappa shape index (κ2) is 7.58. The highest BCUT2D eigenvalue weighted by molar-refractivity contribution is 5.68. The van der Waals surface area contributed by atoms with Crippen LogP contribution in [0.2, 0.25) is 0 Å². The predicted molar refractivity (Wildman–Crippen MR) is 82.1 cm³/mol. The molecule has 0 saturated carbocycles. The van der Waals surface area contributed by atoms with Crippen molar-refractivity contribution in [3.63, 3.8) is 0 Å². The van der Waals surface area contributed by atoms with Gasteiger partial charge in [0.05, 0.1) is 18.8 Å². The maximum atomic E-state index is 13.3. The molecule has 1 aromatic rings. The molecule has 5 heteroatoms. The van der Waals surface area contributed by atoms with Gasteiger partial charge in [0.2, 0.25) is 0 Å². The molecule has 0 aliphatic carbocycles. The van der Waals surface area contributed by atoms with Crippen molar-refractivity contribution in [1.82, 2.24) is 4.90 Å². The Hall–Kier alpha value is -1.62. The van der Waals surface area contributed by atoms with Crippen molar-refractivity contribution < 1.29 is 19.0 Å². The molecule has 2 unspecified atom stereocenters. The first-order valence-corrected chi connectivity index (χ1v) is 7.90. The van der Waals surface area contributed by atoms with Gasteiger partial charge in [-0.15, -0.1) is 0 Å². The Kier molecular flexibility index (Phi) is 5.77. The number of aryl methyl sites for hydroxylation is 1. The number of aliphatic hydroxyl groups is 1. The van der Waals surface area contributed by atoms with E-state index >= 15 is 0 Å². The number of carbonyl (C=O) groups excluding carboxylic acids is 1. The van der Waals surface area contributed by atoms with Crippen LogP contribution in [0.3, 0.4) is 0 Å². The average Bonchev–Trinajstić information content (AvgIpc) is 2.47.